The van der Waals surface area contributed by atoms with Gasteiger partial charge in [-0.2, -0.15) is 4.39 Å². The van der Waals surface area contributed by atoms with E-state index in [-0.39, 0.29) is 0 Å². The second kappa shape index (κ2) is 3.57. The van der Waals surface area contributed by atoms with Crippen molar-refractivity contribution < 1.29 is 27.8 Å². The van der Waals surface area contributed by atoms with Gasteiger partial charge in [0.25, 0.3) is 0 Å². The Morgan fingerprint density at radius 3 is 2.29 bits per heavy atom. The molecular formula is C8H5F3O3. The number of rotatable bonds is 2. The minimum absolute atomic E-state index is 0.579. The molecule has 0 bridgehead atoms. The lowest BCUT2D eigenvalue weighted by Gasteiger charge is -2.05. The molecule has 6 heteroatoms. The maximum Gasteiger partial charge on any atom is 0.338 e. The second-order valence-electron chi connectivity index (χ2n) is 2.37. The average Bonchev–Trinajstić information content (AvgIpc) is 2.14. The van der Waals surface area contributed by atoms with Crippen LogP contribution in [0.2, 0.25) is 0 Å². The molecule has 0 fully saturated rings. The topological polar surface area (TPSA) is 46.5 Å². The van der Waals surface area contributed by atoms with Gasteiger partial charge in [-0.1, -0.05) is 0 Å². The van der Waals surface area contributed by atoms with Gasteiger partial charge in [0.15, 0.2) is 17.4 Å². The van der Waals surface area contributed by atoms with Crippen LogP contribution in [0.1, 0.15) is 10.4 Å². The first kappa shape index (κ1) is 10.4. The van der Waals surface area contributed by atoms with Crippen LogP contribution in [-0.4, -0.2) is 18.2 Å². The molecule has 0 aliphatic heterocycles. The van der Waals surface area contributed by atoms with Crippen molar-refractivity contribution in [2.75, 3.05) is 7.11 Å². The summed E-state index contributed by atoms with van der Waals surface area (Å²) in [5.41, 5.74) is -0.972. The third-order valence-electron chi connectivity index (χ3n) is 1.56. The average molecular weight is 206 g/mol. The van der Waals surface area contributed by atoms with Crippen LogP contribution < -0.4 is 4.74 Å². The lowest BCUT2D eigenvalue weighted by Crippen LogP contribution is -2.06. The van der Waals surface area contributed by atoms with E-state index in [1.165, 1.54) is 0 Å². The summed E-state index contributed by atoms with van der Waals surface area (Å²) in [5.74, 6) is -7.49. The molecule has 0 radical (unpaired) electrons. The summed E-state index contributed by atoms with van der Waals surface area (Å²) in [6, 6.07) is 0.579. The van der Waals surface area contributed by atoms with Gasteiger partial charge in [-0.3, -0.25) is 0 Å². The molecule has 0 aromatic heterocycles. The number of hydrogen-bond acceptors (Lipinski definition) is 2. The van der Waals surface area contributed by atoms with E-state index in [0.717, 1.165) is 7.11 Å². The van der Waals surface area contributed by atoms with Gasteiger partial charge < -0.3 is 9.84 Å². The molecule has 0 unspecified atom stereocenters. The smallest absolute Gasteiger partial charge is 0.338 e. The summed E-state index contributed by atoms with van der Waals surface area (Å²) >= 11 is 0. The van der Waals surface area contributed by atoms with Crippen LogP contribution in [0.25, 0.3) is 0 Å². The third-order valence-corrected chi connectivity index (χ3v) is 1.56. The molecule has 0 aliphatic carbocycles. The summed E-state index contributed by atoms with van der Waals surface area (Å²) < 4.78 is 42.6. The van der Waals surface area contributed by atoms with E-state index >= 15 is 0 Å². The van der Waals surface area contributed by atoms with Crippen LogP contribution >= 0.6 is 0 Å². The van der Waals surface area contributed by atoms with Gasteiger partial charge in [-0.15, -0.1) is 0 Å². The van der Waals surface area contributed by atoms with Crippen molar-refractivity contribution in [1.29, 1.82) is 0 Å². The van der Waals surface area contributed by atoms with Gasteiger partial charge >= 0.3 is 5.97 Å². The molecule has 0 saturated heterocycles. The lowest BCUT2D eigenvalue weighted by atomic mass is 10.2. The number of halogens is 3. The number of carboxylic acid groups (broad SMARTS) is 1. The fourth-order valence-electron chi connectivity index (χ4n) is 0.885. The van der Waals surface area contributed by atoms with Crippen molar-refractivity contribution in [1.82, 2.24) is 0 Å². The molecule has 3 nitrogen and oxygen atoms in total. The lowest BCUT2D eigenvalue weighted by molar-refractivity contribution is 0.0689. The molecule has 0 saturated carbocycles. The highest BCUT2D eigenvalue weighted by molar-refractivity contribution is 5.88. The highest BCUT2D eigenvalue weighted by atomic mass is 19.2. The molecule has 1 aromatic carbocycles. The zero-order chi connectivity index (χ0) is 10.9. The zero-order valence-corrected chi connectivity index (χ0v) is 6.97. The van der Waals surface area contributed by atoms with Crippen LogP contribution in [0, 0.1) is 17.5 Å². The Balaban J connectivity index is 3.48. The fourth-order valence-corrected chi connectivity index (χ4v) is 0.885. The van der Waals surface area contributed by atoms with E-state index in [2.05, 4.69) is 4.74 Å². The predicted molar refractivity (Wildman–Crippen MR) is 39.8 cm³/mol. The van der Waals surface area contributed by atoms with E-state index in [9.17, 15) is 18.0 Å². The summed E-state index contributed by atoms with van der Waals surface area (Å²) in [7, 11) is 1.02. The monoisotopic (exact) mass is 206 g/mol. The van der Waals surface area contributed by atoms with Crippen LogP contribution in [-0.2, 0) is 0 Å². The summed E-state index contributed by atoms with van der Waals surface area (Å²) in [4.78, 5) is 10.4. The molecule has 0 atom stereocenters. The van der Waals surface area contributed by atoms with Crippen LogP contribution in [0.15, 0.2) is 6.07 Å². The first-order valence-electron chi connectivity index (χ1n) is 3.43. The highest BCUT2D eigenvalue weighted by Gasteiger charge is 2.22. The van der Waals surface area contributed by atoms with Crippen molar-refractivity contribution in [3.63, 3.8) is 0 Å². The maximum atomic E-state index is 12.8. The Hall–Kier alpha value is -1.72. The fraction of sp³-hybridized carbons (Fsp3) is 0.125. The second-order valence-corrected chi connectivity index (χ2v) is 2.37. The van der Waals surface area contributed by atoms with E-state index in [0.29, 0.717) is 6.07 Å². The van der Waals surface area contributed by atoms with Gasteiger partial charge in [0.05, 0.1) is 7.11 Å². The van der Waals surface area contributed by atoms with Gasteiger partial charge in [-0.25, -0.2) is 13.6 Å². The molecule has 1 N–H and O–H groups in total. The molecule has 1 rings (SSSR count). The molecular weight excluding hydrogens is 201 g/mol. The minimum atomic E-state index is -1.86. The summed E-state index contributed by atoms with van der Waals surface area (Å²) in [5, 5.41) is 8.42. The van der Waals surface area contributed by atoms with Gasteiger partial charge in [0.1, 0.15) is 5.56 Å². The highest BCUT2D eigenvalue weighted by Crippen LogP contribution is 2.25. The van der Waals surface area contributed by atoms with Crippen molar-refractivity contribution in [3.05, 3.63) is 29.1 Å². The van der Waals surface area contributed by atoms with Crippen LogP contribution in [0.3, 0.4) is 0 Å². The van der Waals surface area contributed by atoms with E-state index < -0.39 is 34.7 Å². The summed E-state index contributed by atoms with van der Waals surface area (Å²) in [6.45, 7) is 0. The first-order valence-corrected chi connectivity index (χ1v) is 3.43. The number of carbonyl (C=O) groups is 1. The Bertz CT molecular complexity index is 390. The predicted octanol–water partition coefficient (Wildman–Crippen LogP) is 1.81. The van der Waals surface area contributed by atoms with Gasteiger partial charge in [0, 0.05) is 6.07 Å². The number of aromatic carboxylic acids is 1. The van der Waals surface area contributed by atoms with Crippen molar-refractivity contribution in [2.24, 2.45) is 0 Å². The standard InChI is InChI=1S/C8H5F3O3/c1-14-4-2-3(8(12)13)5(9)7(11)6(4)10/h2H,1H3,(H,12,13). The molecule has 0 spiro atoms. The van der Waals surface area contributed by atoms with Crippen molar-refractivity contribution in [2.45, 2.75) is 0 Å². The van der Waals surface area contributed by atoms with E-state index in [1.54, 1.807) is 0 Å². The number of hydrogen-bond donors (Lipinski definition) is 1. The van der Waals surface area contributed by atoms with Crippen molar-refractivity contribution in [3.8, 4) is 5.75 Å². The normalized spacial score (nSPS) is 10.0. The minimum Gasteiger partial charge on any atom is -0.494 e. The third kappa shape index (κ3) is 1.50. The van der Waals surface area contributed by atoms with E-state index in [4.69, 9.17) is 5.11 Å². The van der Waals surface area contributed by atoms with Crippen molar-refractivity contribution >= 4 is 5.97 Å². The Kier molecular flexibility index (Phi) is 2.64. The number of carboxylic acids is 1. The maximum absolute atomic E-state index is 12.8. The SMILES string of the molecule is COc1cc(C(=O)O)c(F)c(F)c1F. The van der Waals surface area contributed by atoms with Gasteiger partial charge in [-0.05, 0) is 0 Å². The molecule has 76 valence electrons. The molecule has 0 aliphatic rings. The number of benzene rings is 1. The van der Waals surface area contributed by atoms with Crippen LogP contribution in [0.5, 0.6) is 5.75 Å². The van der Waals surface area contributed by atoms with Gasteiger partial charge in [0.2, 0.25) is 5.82 Å². The quantitative estimate of drug-likeness (QED) is 0.750. The first-order chi connectivity index (χ1) is 6.49. The van der Waals surface area contributed by atoms with E-state index in [1.807, 2.05) is 0 Å². The Morgan fingerprint density at radius 2 is 1.86 bits per heavy atom. The molecule has 1 aromatic rings. The molecule has 0 heterocycles. The zero-order valence-electron chi connectivity index (χ0n) is 6.97. The Labute approximate surface area is 76.7 Å². The summed E-state index contributed by atoms with van der Waals surface area (Å²) in [6.07, 6.45) is 0. The largest absolute Gasteiger partial charge is 0.494 e. The Morgan fingerprint density at radius 1 is 1.29 bits per heavy atom. The number of ether oxygens (including phenoxy) is 1. The molecule has 0 amide bonds. The number of methoxy groups -OCH3 is 1. The van der Waals surface area contributed by atoms with Crippen LogP contribution in [0.4, 0.5) is 13.2 Å². The molecule has 14 heavy (non-hydrogen) atoms.